The number of nitrogens with one attached hydrogen (secondary N) is 1. The van der Waals surface area contributed by atoms with Crippen LogP contribution < -0.4 is 5.32 Å². The molecule has 110 valence electrons. The van der Waals surface area contributed by atoms with E-state index in [0.29, 0.717) is 0 Å². The fourth-order valence-electron chi connectivity index (χ4n) is 1.36. The molecule has 0 unspecified atom stereocenters. The monoisotopic (exact) mass is 296 g/mol. The minimum Gasteiger partial charge on any atom is -0.506 e. The Bertz CT molecular complexity index is 638. The van der Waals surface area contributed by atoms with Crippen LogP contribution in [0, 0.1) is 11.3 Å². The van der Waals surface area contributed by atoms with Crippen molar-refractivity contribution in [3.05, 3.63) is 53.3 Å². The molecule has 0 saturated carbocycles. The van der Waals surface area contributed by atoms with Gasteiger partial charge in [0.15, 0.2) is 5.57 Å². The standard InChI is InChI=1S/C14H11F3N2O2/c1-8(2)12(20)11(7-18)13(21)19-10-5-3-9(4-6-10)14(15,16)17/h3-6,20H,1H2,2H3,(H,19,21). The number of halogens is 3. The van der Waals surface area contributed by atoms with E-state index in [1.54, 1.807) is 0 Å². The van der Waals surface area contributed by atoms with Gasteiger partial charge in [-0.2, -0.15) is 18.4 Å². The first-order valence-corrected chi connectivity index (χ1v) is 5.64. The van der Waals surface area contributed by atoms with E-state index in [1.807, 2.05) is 0 Å². The molecule has 4 nitrogen and oxygen atoms in total. The summed E-state index contributed by atoms with van der Waals surface area (Å²) in [5.41, 5.74) is -1.24. The lowest BCUT2D eigenvalue weighted by Crippen LogP contribution is -2.16. The van der Waals surface area contributed by atoms with Crippen molar-refractivity contribution in [2.45, 2.75) is 13.1 Å². The van der Waals surface area contributed by atoms with Gasteiger partial charge in [-0.1, -0.05) is 6.58 Å². The van der Waals surface area contributed by atoms with E-state index in [2.05, 4.69) is 11.9 Å². The van der Waals surface area contributed by atoms with Crippen LogP contribution in [0.15, 0.2) is 47.7 Å². The number of amides is 1. The number of anilines is 1. The van der Waals surface area contributed by atoms with E-state index in [0.717, 1.165) is 24.3 Å². The van der Waals surface area contributed by atoms with Gasteiger partial charge >= 0.3 is 6.18 Å². The number of carbonyl (C=O) groups is 1. The van der Waals surface area contributed by atoms with Crippen molar-refractivity contribution in [2.24, 2.45) is 0 Å². The Hall–Kier alpha value is -2.75. The maximum atomic E-state index is 12.4. The van der Waals surface area contributed by atoms with Gasteiger partial charge in [-0.3, -0.25) is 4.79 Å². The number of allylic oxidation sites excluding steroid dienone is 1. The highest BCUT2D eigenvalue weighted by molar-refractivity contribution is 6.07. The Labute approximate surface area is 118 Å². The molecule has 21 heavy (non-hydrogen) atoms. The third kappa shape index (κ3) is 4.11. The molecule has 1 rings (SSSR count). The van der Waals surface area contributed by atoms with Gasteiger partial charge in [0.05, 0.1) is 5.56 Å². The van der Waals surface area contributed by atoms with Crippen LogP contribution in [-0.4, -0.2) is 11.0 Å². The third-order valence-corrected chi connectivity index (χ3v) is 2.45. The first-order chi connectivity index (χ1) is 9.66. The maximum Gasteiger partial charge on any atom is 0.416 e. The topological polar surface area (TPSA) is 73.1 Å². The highest BCUT2D eigenvalue weighted by Crippen LogP contribution is 2.29. The molecule has 0 saturated heterocycles. The number of nitrogens with zero attached hydrogens (tertiary/aromatic N) is 1. The van der Waals surface area contributed by atoms with Gasteiger partial charge in [0.25, 0.3) is 5.91 Å². The summed E-state index contributed by atoms with van der Waals surface area (Å²) in [6, 6.07) is 5.21. The van der Waals surface area contributed by atoms with Gasteiger partial charge in [0.2, 0.25) is 0 Å². The second-order valence-electron chi connectivity index (χ2n) is 4.14. The summed E-state index contributed by atoms with van der Waals surface area (Å²) in [6.07, 6.45) is -4.47. The van der Waals surface area contributed by atoms with Gasteiger partial charge in [0.1, 0.15) is 11.8 Å². The van der Waals surface area contributed by atoms with Crippen LogP contribution in [0.1, 0.15) is 12.5 Å². The van der Waals surface area contributed by atoms with Crippen LogP contribution in [0.4, 0.5) is 18.9 Å². The number of carbonyl (C=O) groups excluding carboxylic acids is 1. The Morgan fingerprint density at radius 2 is 1.86 bits per heavy atom. The van der Waals surface area contributed by atoms with E-state index >= 15 is 0 Å². The summed E-state index contributed by atoms with van der Waals surface area (Å²) < 4.78 is 37.1. The van der Waals surface area contributed by atoms with Crippen LogP contribution >= 0.6 is 0 Å². The number of hydrogen-bond acceptors (Lipinski definition) is 3. The first kappa shape index (κ1) is 16.3. The molecule has 1 amide bonds. The first-order valence-electron chi connectivity index (χ1n) is 5.64. The quantitative estimate of drug-likeness (QED) is 0.388. The fourth-order valence-corrected chi connectivity index (χ4v) is 1.36. The van der Waals surface area contributed by atoms with Crippen LogP contribution in [-0.2, 0) is 11.0 Å². The van der Waals surface area contributed by atoms with Gasteiger partial charge in [-0.25, -0.2) is 0 Å². The van der Waals surface area contributed by atoms with Crippen molar-refractivity contribution in [3.8, 4) is 6.07 Å². The summed E-state index contributed by atoms with van der Waals surface area (Å²) >= 11 is 0. The summed E-state index contributed by atoms with van der Waals surface area (Å²) in [5, 5.41) is 20.6. The highest BCUT2D eigenvalue weighted by Gasteiger charge is 2.30. The lowest BCUT2D eigenvalue weighted by atomic mass is 10.1. The second kappa shape index (κ2) is 6.13. The molecule has 1 aromatic carbocycles. The van der Waals surface area contributed by atoms with Crippen LogP contribution in [0.5, 0.6) is 0 Å². The predicted molar refractivity (Wildman–Crippen MR) is 70.2 cm³/mol. The summed E-state index contributed by atoms with van der Waals surface area (Å²) in [4.78, 5) is 11.8. The number of alkyl halides is 3. The molecule has 0 aliphatic heterocycles. The number of aliphatic hydroxyl groups excluding tert-OH is 1. The normalized spacial score (nSPS) is 12.1. The molecule has 7 heteroatoms. The fraction of sp³-hybridized carbons (Fsp3) is 0.143. The number of nitriles is 1. The van der Waals surface area contributed by atoms with Crippen LogP contribution in [0.3, 0.4) is 0 Å². The van der Waals surface area contributed by atoms with Crippen molar-refractivity contribution in [1.29, 1.82) is 5.26 Å². The van der Waals surface area contributed by atoms with Crippen LogP contribution in [0.2, 0.25) is 0 Å². The van der Waals surface area contributed by atoms with E-state index in [4.69, 9.17) is 5.26 Å². The lowest BCUT2D eigenvalue weighted by Gasteiger charge is -2.09. The van der Waals surface area contributed by atoms with Gasteiger partial charge in [-0.05, 0) is 36.8 Å². The van der Waals surface area contributed by atoms with Crippen molar-refractivity contribution in [2.75, 3.05) is 5.32 Å². The molecule has 0 heterocycles. The van der Waals surface area contributed by atoms with Crippen molar-refractivity contribution in [1.82, 2.24) is 0 Å². The molecule has 0 aliphatic carbocycles. The minimum absolute atomic E-state index is 0.0651. The molecule has 0 radical (unpaired) electrons. The molecular formula is C14H11F3N2O2. The largest absolute Gasteiger partial charge is 0.506 e. The number of rotatable bonds is 3. The smallest absolute Gasteiger partial charge is 0.416 e. The summed E-state index contributed by atoms with van der Waals surface area (Å²) in [7, 11) is 0. The van der Waals surface area contributed by atoms with E-state index < -0.39 is 29.0 Å². The van der Waals surface area contributed by atoms with Crippen LogP contribution in [0.25, 0.3) is 0 Å². The zero-order valence-corrected chi connectivity index (χ0v) is 11.0. The minimum atomic E-state index is -4.47. The number of benzene rings is 1. The molecular weight excluding hydrogens is 285 g/mol. The molecule has 0 aliphatic rings. The average Bonchev–Trinajstić information content (AvgIpc) is 2.38. The zero-order chi connectivity index (χ0) is 16.2. The summed E-state index contributed by atoms with van der Waals surface area (Å²) in [6.45, 7) is 4.79. The zero-order valence-electron chi connectivity index (χ0n) is 11.0. The molecule has 0 fully saturated rings. The van der Waals surface area contributed by atoms with Crippen molar-refractivity contribution >= 4 is 11.6 Å². The van der Waals surface area contributed by atoms with E-state index in [1.165, 1.54) is 13.0 Å². The molecule has 0 spiro atoms. The lowest BCUT2D eigenvalue weighted by molar-refractivity contribution is -0.137. The van der Waals surface area contributed by atoms with Crippen molar-refractivity contribution in [3.63, 3.8) is 0 Å². The Morgan fingerprint density at radius 3 is 2.24 bits per heavy atom. The Morgan fingerprint density at radius 1 is 1.33 bits per heavy atom. The SMILES string of the molecule is C=C(C)C(O)=C(C#N)C(=O)Nc1ccc(C(F)(F)F)cc1. The molecule has 0 bridgehead atoms. The van der Waals surface area contributed by atoms with Gasteiger partial charge in [-0.15, -0.1) is 0 Å². The predicted octanol–water partition coefficient (Wildman–Crippen LogP) is 3.56. The maximum absolute atomic E-state index is 12.4. The molecule has 1 aromatic rings. The van der Waals surface area contributed by atoms with E-state index in [-0.39, 0.29) is 11.3 Å². The van der Waals surface area contributed by atoms with Crippen molar-refractivity contribution < 1.29 is 23.1 Å². The van der Waals surface area contributed by atoms with E-state index in [9.17, 15) is 23.1 Å². The Kier molecular flexibility index (Phi) is 4.76. The molecule has 0 aromatic heterocycles. The highest BCUT2D eigenvalue weighted by atomic mass is 19.4. The Balaban J connectivity index is 2.97. The second-order valence-corrected chi connectivity index (χ2v) is 4.14. The molecule has 0 atom stereocenters. The summed E-state index contributed by atoms with van der Waals surface area (Å²) in [5.74, 6) is -1.50. The van der Waals surface area contributed by atoms with Gasteiger partial charge in [0, 0.05) is 5.69 Å². The number of hydrogen-bond donors (Lipinski definition) is 2. The molecule has 2 N–H and O–H groups in total. The number of aliphatic hydroxyl groups is 1. The van der Waals surface area contributed by atoms with Gasteiger partial charge < -0.3 is 10.4 Å². The average molecular weight is 296 g/mol. The third-order valence-electron chi connectivity index (χ3n) is 2.45.